The van der Waals surface area contributed by atoms with Gasteiger partial charge in [-0.05, 0) is 131 Å². The van der Waals surface area contributed by atoms with Gasteiger partial charge in [0, 0.05) is 61.9 Å². The topological polar surface area (TPSA) is 237 Å². The minimum Gasteiger partial charge on any atom is -0.465 e. The van der Waals surface area contributed by atoms with Crippen LogP contribution in [0.25, 0.3) is 22.5 Å². The number of nitrogens with zero attached hydrogens (tertiary/aromatic N) is 3. The van der Waals surface area contributed by atoms with Gasteiger partial charge in [0.05, 0.1) is 0 Å². The summed E-state index contributed by atoms with van der Waals surface area (Å²) in [5.41, 5.74) is 3.47. The first-order valence-corrected chi connectivity index (χ1v) is 22.6. The third kappa shape index (κ3) is 12.9. The Bertz CT molecular complexity index is 2500. The van der Waals surface area contributed by atoms with Crippen LogP contribution in [0.2, 0.25) is 0 Å². The molecule has 0 radical (unpaired) electrons. The molecule has 0 bridgehead atoms. The minimum atomic E-state index is -5.12. The van der Waals surface area contributed by atoms with E-state index in [0.29, 0.717) is 69.3 Å². The molecule has 1 aromatic heterocycles. The first-order valence-electron chi connectivity index (χ1n) is 22.6. The van der Waals surface area contributed by atoms with E-state index in [0.717, 1.165) is 23.7 Å². The molecule has 1 saturated heterocycles. The number of alkyl halides is 4. The Labute approximate surface area is 395 Å². The largest absolute Gasteiger partial charge is 0.465 e. The SMILES string of the molecule is CNC(=O)C(F)(F)C(F)(F)c1nc(-c2ccc(NC(=O)[C@H](Cc3ccc(-c4ccc(C(=O)NC5CCN(C(=O)O)CC5)cc4C)cc3)NC(=O)C3CCC(CNC(=O)OC(C)(C)C)CC3)cc2)n[nH]1. The van der Waals surface area contributed by atoms with Crippen molar-refractivity contribution in [2.45, 2.75) is 102 Å². The van der Waals surface area contributed by atoms with E-state index in [1.165, 1.54) is 34.5 Å². The van der Waals surface area contributed by atoms with Gasteiger partial charge in [-0.2, -0.15) is 22.7 Å². The first-order chi connectivity index (χ1) is 32.5. The number of aryl methyl sites for hydroxylation is 1. The Morgan fingerprint density at radius 2 is 1.51 bits per heavy atom. The van der Waals surface area contributed by atoms with Crippen LogP contribution in [0.5, 0.6) is 0 Å². The number of ether oxygens (including phenoxy) is 1. The number of rotatable bonds is 15. The molecule has 2 aliphatic rings. The molecule has 0 spiro atoms. The maximum absolute atomic E-state index is 14.6. The van der Waals surface area contributed by atoms with Crippen molar-refractivity contribution in [2.24, 2.45) is 11.8 Å². The number of carbonyl (C=O) groups excluding carboxylic acids is 5. The maximum Gasteiger partial charge on any atom is 0.407 e. The molecule has 4 aromatic rings. The number of piperidine rings is 1. The lowest BCUT2D eigenvalue weighted by Gasteiger charge is -2.30. The van der Waals surface area contributed by atoms with E-state index in [2.05, 4.69) is 31.3 Å². The molecule has 3 aromatic carbocycles. The van der Waals surface area contributed by atoms with Gasteiger partial charge in [0.2, 0.25) is 17.6 Å². The second-order valence-electron chi connectivity index (χ2n) is 18.4. The van der Waals surface area contributed by atoms with Crippen molar-refractivity contribution in [2.75, 3.05) is 32.0 Å². The quantitative estimate of drug-likeness (QED) is 0.0616. The van der Waals surface area contributed by atoms with Gasteiger partial charge < -0.3 is 41.3 Å². The molecule has 1 saturated carbocycles. The van der Waals surface area contributed by atoms with Crippen molar-refractivity contribution >= 4 is 41.5 Å². The molecule has 0 unspecified atom stereocenters. The van der Waals surface area contributed by atoms with Gasteiger partial charge in [0.1, 0.15) is 11.6 Å². The fourth-order valence-electron chi connectivity index (χ4n) is 8.25. The number of aromatic amines is 1. The van der Waals surface area contributed by atoms with Crippen molar-refractivity contribution < 1.29 is 56.2 Å². The average Bonchev–Trinajstić information content (AvgIpc) is 3.82. The molecule has 2 heterocycles. The zero-order valence-corrected chi connectivity index (χ0v) is 38.9. The van der Waals surface area contributed by atoms with E-state index >= 15 is 0 Å². The van der Waals surface area contributed by atoms with Gasteiger partial charge in [0.15, 0.2) is 5.82 Å². The molecule has 69 heavy (non-hydrogen) atoms. The van der Waals surface area contributed by atoms with Gasteiger partial charge in [-0.3, -0.25) is 24.3 Å². The van der Waals surface area contributed by atoms with Crippen molar-refractivity contribution in [3.05, 3.63) is 89.2 Å². The summed E-state index contributed by atoms with van der Waals surface area (Å²) in [4.78, 5) is 80.7. The smallest absolute Gasteiger partial charge is 0.407 e. The van der Waals surface area contributed by atoms with Gasteiger partial charge in [-0.1, -0.05) is 30.3 Å². The Morgan fingerprint density at radius 1 is 0.870 bits per heavy atom. The number of nitrogens with one attached hydrogen (secondary N) is 6. The third-order valence-electron chi connectivity index (χ3n) is 12.2. The van der Waals surface area contributed by atoms with Gasteiger partial charge >= 0.3 is 24.0 Å². The number of H-pyrrole nitrogens is 1. The minimum absolute atomic E-state index is 0.0867. The number of amides is 6. The highest BCUT2D eigenvalue weighted by Gasteiger charge is 2.65. The lowest BCUT2D eigenvalue weighted by atomic mass is 9.81. The zero-order valence-electron chi connectivity index (χ0n) is 38.9. The highest BCUT2D eigenvalue weighted by atomic mass is 19.3. The highest BCUT2D eigenvalue weighted by molar-refractivity contribution is 5.98. The van der Waals surface area contributed by atoms with E-state index in [9.17, 15) is 51.4 Å². The summed E-state index contributed by atoms with van der Waals surface area (Å²) in [5.74, 6) is -15.6. The van der Waals surface area contributed by atoms with E-state index in [1.54, 1.807) is 38.0 Å². The molecular weight excluding hydrogens is 907 g/mol. The summed E-state index contributed by atoms with van der Waals surface area (Å²) >= 11 is 0. The zero-order chi connectivity index (χ0) is 50.3. The predicted molar refractivity (Wildman–Crippen MR) is 245 cm³/mol. The Kier molecular flexibility index (Phi) is 16.0. The Hall–Kier alpha value is -7.06. The molecular formula is C48H57F4N9O8. The number of alkyl carbamates (subject to hydrolysis) is 1. The van der Waals surface area contributed by atoms with Crippen LogP contribution in [-0.4, -0.2) is 111 Å². The maximum atomic E-state index is 14.6. The van der Waals surface area contributed by atoms with Crippen LogP contribution < -0.4 is 26.6 Å². The monoisotopic (exact) mass is 963 g/mol. The Balaban J connectivity index is 1.13. The standard InChI is InChI=1S/C48H57F4N9O8/c1-27-24-33(40(63)55-35-20-22-61(23-21-35)45(67)68)16-19-36(27)30-10-6-28(7-11-30)25-37(57-39(62)32-12-8-29(9-13-32)26-54-44(66)69-46(2,3)4)41(64)56-34-17-14-31(15-18-34)38-58-42(60-59-38)47(49,50)48(51,52)43(65)53-5/h6-7,10-11,14-19,24,29,32,35,37H,8-9,12-13,20-23,25-26H2,1-5H3,(H,53,65)(H,54,66)(H,55,63)(H,56,64)(H,57,62)(H,67,68)(H,58,59,60)/t29?,32?,37-/m0/s1. The Morgan fingerprint density at radius 3 is 2.10 bits per heavy atom. The molecule has 17 nitrogen and oxygen atoms in total. The van der Waals surface area contributed by atoms with Crippen molar-refractivity contribution in [1.29, 1.82) is 0 Å². The number of hydrogen-bond acceptors (Lipinski definition) is 9. The summed E-state index contributed by atoms with van der Waals surface area (Å²) in [6.45, 7) is 8.31. The lowest BCUT2D eigenvalue weighted by Crippen LogP contribution is -2.50. The summed E-state index contributed by atoms with van der Waals surface area (Å²) in [7, 11) is 0.795. The molecule has 1 atom stereocenters. The van der Waals surface area contributed by atoms with Gasteiger partial charge in [-0.25, -0.2) is 14.6 Å². The van der Waals surface area contributed by atoms with E-state index < -0.39 is 59.2 Å². The molecule has 6 rings (SSSR count). The van der Waals surface area contributed by atoms with E-state index in [4.69, 9.17) is 4.74 Å². The van der Waals surface area contributed by atoms with Crippen LogP contribution in [0, 0.1) is 18.8 Å². The summed E-state index contributed by atoms with van der Waals surface area (Å²) in [6, 6.07) is 17.2. The van der Waals surface area contributed by atoms with Crippen LogP contribution >= 0.6 is 0 Å². The summed E-state index contributed by atoms with van der Waals surface area (Å²) < 4.78 is 63.1. The summed E-state index contributed by atoms with van der Waals surface area (Å²) in [6.07, 6.45) is 2.03. The second-order valence-corrected chi connectivity index (χ2v) is 18.4. The fourth-order valence-corrected chi connectivity index (χ4v) is 8.25. The number of halogens is 4. The third-order valence-corrected chi connectivity index (χ3v) is 12.2. The number of benzene rings is 3. The number of likely N-dealkylation sites (tertiary alicyclic amines) is 1. The summed E-state index contributed by atoms with van der Waals surface area (Å²) in [5, 5.41) is 27.7. The van der Waals surface area contributed by atoms with Crippen molar-refractivity contribution in [3.8, 4) is 22.5 Å². The van der Waals surface area contributed by atoms with Crippen molar-refractivity contribution in [3.63, 3.8) is 0 Å². The normalized spacial score (nSPS) is 17.3. The lowest BCUT2D eigenvalue weighted by molar-refractivity contribution is -0.218. The molecule has 7 N–H and O–H groups in total. The van der Waals surface area contributed by atoms with Crippen LogP contribution in [0.1, 0.15) is 86.6 Å². The van der Waals surface area contributed by atoms with Gasteiger partial charge in [-0.15, -0.1) is 0 Å². The number of hydrogen-bond donors (Lipinski definition) is 7. The number of aromatic nitrogens is 3. The second kappa shape index (κ2) is 21.5. The highest BCUT2D eigenvalue weighted by Crippen LogP contribution is 2.42. The van der Waals surface area contributed by atoms with E-state index in [1.807, 2.05) is 37.3 Å². The van der Waals surface area contributed by atoms with Gasteiger partial charge in [0.25, 0.3) is 11.8 Å². The molecule has 1 aliphatic heterocycles. The van der Waals surface area contributed by atoms with Crippen LogP contribution in [-0.2, 0) is 31.5 Å². The first kappa shape index (κ1) is 51.3. The van der Waals surface area contributed by atoms with Crippen molar-refractivity contribution in [1.82, 2.24) is 41.3 Å². The predicted octanol–water partition coefficient (Wildman–Crippen LogP) is 6.79. The number of carbonyl (C=O) groups is 6. The molecule has 6 amide bonds. The fraction of sp³-hybridized carbons (Fsp3) is 0.458. The number of anilines is 1. The van der Waals surface area contributed by atoms with Crippen LogP contribution in [0.4, 0.5) is 32.8 Å². The van der Waals surface area contributed by atoms with Crippen LogP contribution in [0.3, 0.4) is 0 Å². The molecule has 370 valence electrons. The van der Waals surface area contributed by atoms with Crippen LogP contribution in [0.15, 0.2) is 66.7 Å². The van der Waals surface area contributed by atoms with E-state index in [-0.39, 0.29) is 47.3 Å². The average molecular weight is 964 g/mol. The molecule has 21 heteroatoms. The molecule has 2 fully saturated rings. The number of carboxylic acid groups (broad SMARTS) is 1. The molecule has 1 aliphatic carbocycles.